The number of imidazole rings is 1. The Hall–Kier alpha value is -0.900. The molecule has 108 valence electrons. The molecule has 0 saturated heterocycles. The molecule has 2 N–H and O–H groups in total. The topological polar surface area (TPSA) is 87.2 Å². The highest BCUT2D eigenvalue weighted by Gasteiger charge is 2.15. The maximum atomic E-state index is 11.3. The number of benzene rings is 1. The zero-order valence-electron chi connectivity index (χ0n) is 10.4. The summed E-state index contributed by atoms with van der Waals surface area (Å²) in [4.78, 5) is 3.99. The second kappa shape index (κ2) is 5.84. The minimum atomic E-state index is -3.76. The molecule has 0 atom stereocenters. The van der Waals surface area contributed by atoms with Gasteiger partial charge in [-0.25, -0.2) is 18.5 Å². The molecule has 0 saturated carbocycles. The summed E-state index contributed by atoms with van der Waals surface area (Å²) in [6.45, 7) is 0.308. The van der Waals surface area contributed by atoms with E-state index in [-0.39, 0.29) is 4.90 Å². The number of nitrogens with zero attached hydrogens (tertiary/aromatic N) is 2. The van der Waals surface area contributed by atoms with Crippen LogP contribution in [0, 0.1) is 0 Å². The molecule has 0 amide bonds. The summed E-state index contributed by atoms with van der Waals surface area (Å²) in [6, 6.07) is 2.80. The van der Waals surface area contributed by atoms with Gasteiger partial charge in [0.1, 0.15) is 12.4 Å². The van der Waals surface area contributed by atoms with Gasteiger partial charge in [-0.05, 0) is 44.0 Å². The third-order valence-electron chi connectivity index (χ3n) is 2.58. The predicted octanol–water partition coefficient (Wildman–Crippen LogP) is 2.17. The Bertz CT molecular complexity index is 720. The Kier molecular flexibility index (Phi) is 4.52. The van der Waals surface area contributed by atoms with E-state index >= 15 is 0 Å². The Morgan fingerprint density at radius 1 is 1.35 bits per heavy atom. The highest BCUT2D eigenvalue weighted by Crippen LogP contribution is 2.36. The van der Waals surface area contributed by atoms with Gasteiger partial charge in [0.2, 0.25) is 10.0 Å². The molecule has 0 spiro atoms. The van der Waals surface area contributed by atoms with Crippen LogP contribution in [-0.4, -0.2) is 18.0 Å². The van der Waals surface area contributed by atoms with Crippen molar-refractivity contribution in [1.82, 2.24) is 9.55 Å². The van der Waals surface area contributed by atoms with Crippen LogP contribution in [0.3, 0.4) is 0 Å². The highest BCUT2D eigenvalue weighted by atomic mass is 79.9. The van der Waals surface area contributed by atoms with Crippen LogP contribution in [0.2, 0.25) is 0 Å². The third kappa shape index (κ3) is 3.40. The van der Waals surface area contributed by atoms with Crippen molar-refractivity contribution in [3.05, 3.63) is 39.3 Å². The molecular formula is C11H11Br2N3O3S. The molecule has 0 aliphatic heterocycles. The Morgan fingerprint density at radius 3 is 2.40 bits per heavy atom. The SMILES string of the molecule is Cn1cncc1COc1c(Br)cc(S(N)(=O)=O)cc1Br. The fraction of sp³-hybridized carbons (Fsp3) is 0.182. The number of hydrogen-bond donors (Lipinski definition) is 1. The lowest BCUT2D eigenvalue weighted by atomic mass is 10.3. The number of ether oxygens (including phenoxy) is 1. The minimum absolute atomic E-state index is 0.00383. The predicted molar refractivity (Wildman–Crippen MR) is 80.8 cm³/mol. The molecule has 1 aromatic heterocycles. The van der Waals surface area contributed by atoms with Crippen molar-refractivity contribution in [2.45, 2.75) is 11.5 Å². The highest BCUT2D eigenvalue weighted by molar-refractivity contribution is 9.11. The summed E-state index contributed by atoms with van der Waals surface area (Å²) < 4.78 is 31.1. The fourth-order valence-corrected chi connectivity index (χ4v) is 3.79. The Balaban J connectivity index is 2.27. The van der Waals surface area contributed by atoms with Crippen LogP contribution in [-0.2, 0) is 23.7 Å². The molecule has 1 heterocycles. The van der Waals surface area contributed by atoms with Gasteiger partial charge in [-0.3, -0.25) is 0 Å². The van der Waals surface area contributed by atoms with Gasteiger partial charge >= 0.3 is 0 Å². The van der Waals surface area contributed by atoms with Gasteiger partial charge < -0.3 is 9.30 Å². The van der Waals surface area contributed by atoms with Crippen molar-refractivity contribution >= 4 is 41.9 Å². The Morgan fingerprint density at radius 2 is 1.95 bits per heavy atom. The summed E-state index contributed by atoms with van der Waals surface area (Å²) in [5.41, 5.74) is 0.888. The summed E-state index contributed by atoms with van der Waals surface area (Å²) in [5.74, 6) is 0.499. The average Bonchev–Trinajstić information content (AvgIpc) is 2.72. The van der Waals surface area contributed by atoms with E-state index in [1.807, 2.05) is 11.6 Å². The number of aromatic nitrogens is 2. The van der Waals surface area contributed by atoms with Crippen LogP contribution in [0.4, 0.5) is 0 Å². The van der Waals surface area contributed by atoms with E-state index < -0.39 is 10.0 Å². The molecule has 2 rings (SSSR count). The minimum Gasteiger partial charge on any atom is -0.485 e. The summed E-state index contributed by atoms with van der Waals surface area (Å²) in [5, 5.41) is 5.09. The average molecular weight is 425 g/mol. The first-order valence-electron chi connectivity index (χ1n) is 5.39. The monoisotopic (exact) mass is 423 g/mol. The van der Waals surface area contributed by atoms with Gasteiger partial charge in [0.25, 0.3) is 0 Å². The largest absolute Gasteiger partial charge is 0.485 e. The van der Waals surface area contributed by atoms with Gasteiger partial charge in [0.15, 0.2) is 0 Å². The molecule has 0 radical (unpaired) electrons. The number of halogens is 2. The van der Waals surface area contributed by atoms with Crippen LogP contribution in [0.1, 0.15) is 5.69 Å². The van der Waals surface area contributed by atoms with Gasteiger partial charge in [0, 0.05) is 7.05 Å². The molecule has 9 heteroatoms. The number of nitrogens with two attached hydrogens (primary N) is 1. The quantitative estimate of drug-likeness (QED) is 0.814. The number of aryl methyl sites for hydroxylation is 1. The zero-order chi connectivity index (χ0) is 14.9. The van der Waals surface area contributed by atoms with E-state index in [1.165, 1.54) is 12.1 Å². The molecule has 1 aromatic carbocycles. The molecule has 2 aromatic rings. The molecule has 0 aliphatic rings. The zero-order valence-corrected chi connectivity index (χ0v) is 14.4. The van der Waals surface area contributed by atoms with Gasteiger partial charge in [-0.15, -0.1) is 0 Å². The fourth-order valence-electron chi connectivity index (χ4n) is 1.51. The summed E-state index contributed by atoms with van der Waals surface area (Å²) >= 11 is 6.55. The lowest BCUT2D eigenvalue weighted by Gasteiger charge is -2.11. The van der Waals surface area contributed by atoms with Crippen molar-refractivity contribution in [3.8, 4) is 5.75 Å². The first-order chi connectivity index (χ1) is 9.29. The van der Waals surface area contributed by atoms with E-state index in [2.05, 4.69) is 36.8 Å². The van der Waals surface area contributed by atoms with Gasteiger partial charge in [-0.2, -0.15) is 0 Å². The number of sulfonamides is 1. The maximum absolute atomic E-state index is 11.3. The molecule has 0 bridgehead atoms. The first kappa shape index (κ1) is 15.5. The van der Waals surface area contributed by atoms with Crippen molar-refractivity contribution in [1.29, 1.82) is 0 Å². The lowest BCUT2D eigenvalue weighted by molar-refractivity contribution is 0.293. The maximum Gasteiger partial charge on any atom is 0.238 e. The van der Waals surface area contributed by atoms with Crippen molar-refractivity contribution in [3.63, 3.8) is 0 Å². The molecule has 20 heavy (non-hydrogen) atoms. The van der Waals surface area contributed by atoms with E-state index in [9.17, 15) is 8.42 Å². The normalized spacial score (nSPS) is 11.6. The van der Waals surface area contributed by atoms with E-state index in [0.29, 0.717) is 21.3 Å². The second-order valence-electron chi connectivity index (χ2n) is 4.05. The summed E-state index contributed by atoms with van der Waals surface area (Å²) in [7, 11) is -1.90. The van der Waals surface area contributed by atoms with Crippen LogP contribution in [0.25, 0.3) is 0 Å². The second-order valence-corrected chi connectivity index (χ2v) is 7.32. The van der Waals surface area contributed by atoms with Gasteiger partial charge in [0.05, 0.1) is 32.1 Å². The first-order valence-corrected chi connectivity index (χ1v) is 8.52. The van der Waals surface area contributed by atoms with Crippen molar-refractivity contribution in [2.24, 2.45) is 12.2 Å². The van der Waals surface area contributed by atoms with Gasteiger partial charge in [-0.1, -0.05) is 0 Å². The number of primary sulfonamides is 1. The number of rotatable bonds is 4. The lowest BCUT2D eigenvalue weighted by Crippen LogP contribution is -2.12. The van der Waals surface area contributed by atoms with E-state index in [0.717, 1.165) is 5.69 Å². The smallest absolute Gasteiger partial charge is 0.238 e. The molecule has 6 nitrogen and oxygen atoms in total. The Labute approximate surface area is 133 Å². The number of hydrogen-bond acceptors (Lipinski definition) is 4. The third-order valence-corrected chi connectivity index (χ3v) is 4.65. The van der Waals surface area contributed by atoms with Crippen LogP contribution >= 0.6 is 31.9 Å². The van der Waals surface area contributed by atoms with Crippen molar-refractivity contribution < 1.29 is 13.2 Å². The van der Waals surface area contributed by atoms with E-state index in [4.69, 9.17) is 9.88 Å². The van der Waals surface area contributed by atoms with Crippen LogP contribution in [0.5, 0.6) is 5.75 Å². The molecule has 0 unspecified atom stereocenters. The van der Waals surface area contributed by atoms with Crippen LogP contribution < -0.4 is 9.88 Å². The molecule has 0 fully saturated rings. The molecular weight excluding hydrogens is 414 g/mol. The van der Waals surface area contributed by atoms with Crippen molar-refractivity contribution in [2.75, 3.05) is 0 Å². The van der Waals surface area contributed by atoms with E-state index in [1.54, 1.807) is 12.5 Å². The van der Waals surface area contributed by atoms with Crippen LogP contribution in [0.15, 0.2) is 38.5 Å². The summed E-state index contributed by atoms with van der Waals surface area (Å²) in [6.07, 6.45) is 3.37. The molecule has 0 aliphatic carbocycles. The standard InChI is InChI=1S/C11H11Br2N3O3S/c1-16-6-15-4-7(16)5-19-11-9(12)2-8(3-10(11)13)20(14,17)18/h2-4,6H,5H2,1H3,(H2,14,17,18).